The molecule has 0 fully saturated rings. The average Bonchev–Trinajstić information content (AvgIpc) is 2.33. The predicted octanol–water partition coefficient (Wildman–Crippen LogP) is 3.11. The van der Waals surface area contributed by atoms with Gasteiger partial charge < -0.3 is 4.57 Å². The Morgan fingerprint density at radius 3 is 2.63 bits per heavy atom. The normalized spacial score (nSPS) is 10.5. The lowest BCUT2D eigenvalue weighted by Crippen LogP contribution is -2.23. The number of carbonyl (C=O) groups excluding carboxylic acids is 1. The van der Waals surface area contributed by atoms with E-state index in [1.54, 1.807) is 12.3 Å². The molecule has 0 saturated carbocycles. The van der Waals surface area contributed by atoms with E-state index in [4.69, 9.17) is 0 Å². The molecule has 0 N–H and O–H groups in total. The minimum Gasteiger partial charge on any atom is -0.307 e. The van der Waals surface area contributed by atoms with Crippen molar-refractivity contribution in [3.8, 4) is 0 Å². The van der Waals surface area contributed by atoms with Crippen molar-refractivity contribution in [3.05, 3.63) is 68.0 Å². The molecule has 3 nitrogen and oxygen atoms in total. The van der Waals surface area contributed by atoms with Crippen molar-refractivity contribution in [3.63, 3.8) is 0 Å². The number of pyridine rings is 1. The van der Waals surface area contributed by atoms with Gasteiger partial charge in [0.25, 0.3) is 5.56 Å². The van der Waals surface area contributed by atoms with E-state index >= 15 is 0 Å². The fourth-order valence-electron chi connectivity index (χ4n) is 1.99. The van der Waals surface area contributed by atoms with Gasteiger partial charge in [0.1, 0.15) is 0 Å². The van der Waals surface area contributed by atoms with Gasteiger partial charge in [-0.25, -0.2) is 0 Å². The van der Waals surface area contributed by atoms with Crippen LogP contribution < -0.4 is 5.56 Å². The summed E-state index contributed by atoms with van der Waals surface area (Å²) in [5, 5.41) is 0. The molecule has 0 aliphatic carbocycles. The number of nitrogens with zero attached hydrogens (tertiary/aromatic N) is 1. The monoisotopic (exact) mass is 319 g/mol. The maximum absolute atomic E-state index is 12.2. The second-order valence-corrected chi connectivity index (χ2v) is 5.47. The first-order chi connectivity index (χ1) is 8.97. The molecule has 1 aromatic heterocycles. The van der Waals surface area contributed by atoms with Crippen molar-refractivity contribution in [1.29, 1.82) is 0 Å². The Labute approximate surface area is 120 Å². The fourth-order valence-corrected chi connectivity index (χ4v) is 2.37. The zero-order valence-electron chi connectivity index (χ0n) is 10.8. The van der Waals surface area contributed by atoms with Gasteiger partial charge in [-0.1, -0.05) is 23.8 Å². The number of hydrogen-bond donors (Lipinski definition) is 0. The van der Waals surface area contributed by atoms with Crippen LogP contribution in [0.2, 0.25) is 0 Å². The predicted molar refractivity (Wildman–Crippen MR) is 78.6 cm³/mol. The third-order valence-corrected chi connectivity index (χ3v) is 3.41. The molecular formula is C15H14BrNO2. The lowest BCUT2D eigenvalue weighted by molar-refractivity contribution is 0.0970. The van der Waals surface area contributed by atoms with Crippen LogP contribution >= 0.6 is 15.9 Å². The van der Waals surface area contributed by atoms with E-state index in [0.717, 1.165) is 15.6 Å². The SMILES string of the molecule is Cc1ccc(C(=O)Cn2cc(Br)ccc2=O)c(C)c1. The van der Waals surface area contributed by atoms with E-state index < -0.39 is 0 Å². The first kappa shape index (κ1) is 13.7. The number of ketones is 1. The van der Waals surface area contributed by atoms with Crippen molar-refractivity contribution in [1.82, 2.24) is 4.57 Å². The smallest absolute Gasteiger partial charge is 0.251 e. The van der Waals surface area contributed by atoms with E-state index in [1.807, 2.05) is 32.0 Å². The molecule has 0 aliphatic heterocycles. The van der Waals surface area contributed by atoms with E-state index in [2.05, 4.69) is 15.9 Å². The van der Waals surface area contributed by atoms with Crippen molar-refractivity contribution in [2.45, 2.75) is 20.4 Å². The average molecular weight is 320 g/mol. The number of hydrogen-bond acceptors (Lipinski definition) is 2. The Morgan fingerprint density at radius 1 is 1.21 bits per heavy atom. The third kappa shape index (κ3) is 3.20. The summed E-state index contributed by atoms with van der Waals surface area (Å²) in [4.78, 5) is 23.9. The van der Waals surface area contributed by atoms with E-state index in [1.165, 1.54) is 10.6 Å². The zero-order chi connectivity index (χ0) is 14.0. The minimum absolute atomic E-state index is 0.0577. The topological polar surface area (TPSA) is 39.1 Å². The summed E-state index contributed by atoms with van der Waals surface area (Å²) in [5.41, 5.74) is 2.54. The molecule has 4 heteroatoms. The number of rotatable bonds is 3. The van der Waals surface area contributed by atoms with Crippen molar-refractivity contribution >= 4 is 21.7 Å². The highest BCUT2D eigenvalue weighted by Crippen LogP contribution is 2.12. The highest BCUT2D eigenvalue weighted by atomic mass is 79.9. The second kappa shape index (κ2) is 5.53. The Hall–Kier alpha value is -1.68. The summed E-state index contributed by atoms with van der Waals surface area (Å²) in [7, 11) is 0. The van der Waals surface area contributed by atoms with Gasteiger partial charge in [-0.05, 0) is 41.4 Å². The maximum atomic E-state index is 12.2. The number of carbonyl (C=O) groups is 1. The standard InChI is InChI=1S/C15H14BrNO2/c1-10-3-5-13(11(2)7-10)14(18)9-17-8-12(16)4-6-15(17)19/h3-8H,9H2,1-2H3. The van der Waals surface area contributed by atoms with Crippen LogP contribution in [0, 0.1) is 13.8 Å². The van der Waals surface area contributed by atoms with Gasteiger partial charge in [0.05, 0.1) is 6.54 Å². The fraction of sp³-hybridized carbons (Fsp3) is 0.200. The zero-order valence-corrected chi connectivity index (χ0v) is 12.4. The van der Waals surface area contributed by atoms with Crippen LogP contribution in [-0.4, -0.2) is 10.4 Å². The largest absolute Gasteiger partial charge is 0.307 e. The number of benzene rings is 1. The molecule has 0 spiro atoms. The maximum Gasteiger partial charge on any atom is 0.251 e. The van der Waals surface area contributed by atoms with Gasteiger partial charge >= 0.3 is 0 Å². The van der Waals surface area contributed by atoms with Crippen molar-refractivity contribution in [2.75, 3.05) is 0 Å². The molecule has 2 aromatic rings. The number of halogens is 1. The Kier molecular flexibility index (Phi) is 4.00. The molecular weight excluding hydrogens is 306 g/mol. The molecule has 0 saturated heterocycles. The molecule has 2 rings (SSSR count). The minimum atomic E-state index is -0.179. The highest BCUT2D eigenvalue weighted by Gasteiger charge is 2.10. The van der Waals surface area contributed by atoms with Gasteiger partial charge in [0, 0.05) is 22.3 Å². The summed E-state index contributed by atoms with van der Waals surface area (Å²) in [6.07, 6.45) is 1.63. The Balaban J connectivity index is 2.31. The molecule has 0 amide bonds. The molecule has 98 valence electrons. The highest BCUT2D eigenvalue weighted by molar-refractivity contribution is 9.10. The third-order valence-electron chi connectivity index (χ3n) is 2.94. The summed E-state index contributed by atoms with van der Waals surface area (Å²) >= 11 is 3.30. The van der Waals surface area contributed by atoms with E-state index in [-0.39, 0.29) is 17.9 Å². The molecule has 1 aromatic carbocycles. The van der Waals surface area contributed by atoms with Crippen molar-refractivity contribution < 1.29 is 4.79 Å². The molecule has 0 bridgehead atoms. The first-order valence-electron chi connectivity index (χ1n) is 5.94. The van der Waals surface area contributed by atoms with Gasteiger partial charge in [0.15, 0.2) is 5.78 Å². The second-order valence-electron chi connectivity index (χ2n) is 4.56. The molecule has 0 aliphatic rings. The summed E-state index contributed by atoms with van der Waals surface area (Å²) in [6, 6.07) is 8.80. The van der Waals surface area contributed by atoms with Gasteiger partial charge in [0.2, 0.25) is 0 Å². The first-order valence-corrected chi connectivity index (χ1v) is 6.73. The number of Topliss-reactive ketones (excluding diaryl/α,β-unsaturated/α-hetero) is 1. The van der Waals surface area contributed by atoms with Crippen LogP contribution in [0.1, 0.15) is 21.5 Å². The summed E-state index contributed by atoms with van der Waals surface area (Å²) < 4.78 is 2.19. The van der Waals surface area contributed by atoms with Crippen LogP contribution in [0.3, 0.4) is 0 Å². The number of aryl methyl sites for hydroxylation is 2. The molecule has 19 heavy (non-hydrogen) atoms. The van der Waals surface area contributed by atoms with Crippen LogP contribution in [0.25, 0.3) is 0 Å². The van der Waals surface area contributed by atoms with E-state index in [9.17, 15) is 9.59 Å². The Bertz CT molecular complexity index is 689. The van der Waals surface area contributed by atoms with E-state index in [0.29, 0.717) is 5.56 Å². The Morgan fingerprint density at radius 2 is 1.95 bits per heavy atom. The molecule has 0 radical (unpaired) electrons. The lowest BCUT2D eigenvalue weighted by atomic mass is 10.0. The van der Waals surface area contributed by atoms with Crippen molar-refractivity contribution in [2.24, 2.45) is 0 Å². The van der Waals surface area contributed by atoms with Gasteiger partial charge in [-0.15, -0.1) is 0 Å². The van der Waals surface area contributed by atoms with Crippen LogP contribution in [0.5, 0.6) is 0 Å². The lowest BCUT2D eigenvalue weighted by Gasteiger charge is -2.08. The quantitative estimate of drug-likeness (QED) is 0.815. The molecule has 0 atom stereocenters. The van der Waals surface area contributed by atoms with Crippen LogP contribution in [0.4, 0.5) is 0 Å². The van der Waals surface area contributed by atoms with Gasteiger partial charge in [-0.2, -0.15) is 0 Å². The van der Waals surface area contributed by atoms with Crippen LogP contribution in [0.15, 0.2) is 45.8 Å². The number of aromatic nitrogens is 1. The molecule has 0 unspecified atom stereocenters. The summed E-state index contributed by atoms with van der Waals surface area (Å²) in [5.74, 6) is -0.0577. The van der Waals surface area contributed by atoms with Gasteiger partial charge in [-0.3, -0.25) is 9.59 Å². The van der Waals surface area contributed by atoms with Crippen LogP contribution in [-0.2, 0) is 6.54 Å². The molecule has 1 heterocycles. The summed E-state index contributed by atoms with van der Waals surface area (Å²) in [6.45, 7) is 3.95.